The fourth-order valence-corrected chi connectivity index (χ4v) is 6.19. The predicted octanol–water partition coefficient (Wildman–Crippen LogP) is 6.49. The Morgan fingerprint density at radius 2 is 1.15 bits per heavy atom. The van der Waals surface area contributed by atoms with Crippen molar-refractivity contribution < 1.29 is 22.7 Å². The number of rotatable bonds is 8. The highest BCUT2D eigenvalue weighted by Crippen LogP contribution is 2.27. The van der Waals surface area contributed by atoms with Gasteiger partial charge in [-0.1, -0.05) is 12.1 Å². The molecule has 15 heteroatoms. The van der Waals surface area contributed by atoms with E-state index in [0.717, 1.165) is 80.4 Å². The van der Waals surface area contributed by atoms with Gasteiger partial charge < -0.3 is 23.7 Å². The van der Waals surface area contributed by atoms with Crippen molar-refractivity contribution in [1.29, 1.82) is 0 Å². The molecule has 0 N–H and O–H groups in total. The number of nitrogens with zero attached hydrogens (tertiary/aromatic N) is 10. The average molecular weight is 723 g/mol. The van der Waals surface area contributed by atoms with Gasteiger partial charge in [0, 0.05) is 83.3 Å². The molecule has 8 rings (SSSR count). The van der Waals surface area contributed by atoms with E-state index in [2.05, 4.69) is 45.4 Å². The zero-order valence-electron chi connectivity index (χ0n) is 29.8. The van der Waals surface area contributed by atoms with E-state index in [9.17, 15) is 8.78 Å². The molecule has 53 heavy (non-hydrogen) atoms. The van der Waals surface area contributed by atoms with Crippen LogP contribution in [0.1, 0.15) is 42.7 Å². The van der Waals surface area contributed by atoms with E-state index in [0.29, 0.717) is 29.0 Å². The Balaban J connectivity index is 0.000000164. The number of aryl methyl sites for hydroxylation is 3. The van der Waals surface area contributed by atoms with Crippen molar-refractivity contribution in [3.63, 3.8) is 0 Å². The van der Waals surface area contributed by atoms with Gasteiger partial charge in [0.2, 0.25) is 5.89 Å². The van der Waals surface area contributed by atoms with Gasteiger partial charge in [0.15, 0.2) is 17.5 Å². The third-order valence-corrected chi connectivity index (χ3v) is 9.22. The number of hydrogen-bond acceptors (Lipinski definition) is 12. The van der Waals surface area contributed by atoms with Crippen molar-refractivity contribution in [3.05, 3.63) is 108 Å². The Hall–Kier alpha value is -5.99. The Morgan fingerprint density at radius 3 is 1.60 bits per heavy atom. The van der Waals surface area contributed by atoms with Crippen LogP contribution in [-0.4, -0.2) is 78.5 Å². The summed E-state index contributed by atoms with van der Waals surface area (Å²) in [5, 5.41) is 24.8. The minimum Gasteiger partial charge on any atom is -0.490 e. The molecule has 4 aromatic heterocycles. The standard InChI is InChI=1S/C19H20FN5O2.C19H20FN5O/c1-12-3-4-14(20)11-17(12)27-15-7-9-25(10-8-15)18-6-5-16(22-23-18)19-24-21-13(2)26-19;1-14-2-3-15(20)12-17(14)26-16-6-9-24(10-7-16)18-4-5-19(23-22-18)25-11-8-21-13-25/h3-6,11,15H,7-10H2,1-2H3;2-5,8,11-13,16H,6-7,9-10H2,1H3. The predicted molar refractivity (Wildman–Crippen MR) is 193 cm³/mol. The second kappa shape index (κ2) is 16.1. The first-order valence-corrected chi connectivity index (χ1v) is 17.6. The van der Waals surface area contributed by atoms with Gasteiger partial charge >= 0.3 is 0 Å². The molecule has 274 valence electrons. The Morgan fingerprint density at radius 1 is 0.623 bits per heavy atom. The molecule has 2 aliphatic heterocycles. The quantitative estimate of drug-likeness (QED) is 0.170. The summed E-state index contributed by atoms with van der Waals surface area (Å²) in [5.41, 5.74) is 2.45. The van der Waals surface area contributed by atoms with Crippen LogP contribution < -0.4 is 19.3 Å². The lowest BCUT2D eigenvalue weighted by atomic mass is 10.1. The molecule has 0 amide bonds. The summed E-state index contributed by atoms with van der Waals surface area (Å²) in [6.45, 7) is 8.85. The first kappa shape index (κ1) is 35.4. The fourth-order valence-electron chi connectivity index (χ4n) is 6.19. The van der Waals surface area contributed by atoms with Gasteiger partial charge in [-0.3, -0.25) is 4.57 Å². The van der Waals surface area contributed by atoms with Crippen LogP contribution >= 0.6 is 0 Å². The van der Waals surface area contributed by atoms with Crippen LogP contribution in [0.2, 0.25) is 0 Å². The van der Waals surface area contributed by atoms with Gasteiger partial charge in [-0.25, -0.2) is 13.8 Å². The molecular formula is C38H40F2N10O3. The number of halogens is 2. The molecule has 13 nitrogen and oxygen atoms in total. The Bertz CT molecular complexity index is 2080. The van der Waals surface area contributed by atoms with Crippen LogP contribution in [0.15, 0.2) is 83.8 Å². The molecule has 0 saturated carbocycles. The first-order valence-electron chi connectivity index (χ1n) is 17.6. The normalized spacial score (nSPS) is 15.2. The third kappa shape index (κ3) is 8.91. The van der Waals surface area contributed by atoms with E-state index < -0.39 is 0 Å². The van der Waals surface area contributed by atoms with Crippen molar-refractivity contribution in [2.24, 2.45) is 0 Å². The lowest BCUT2D eigenvalue weighted by molar-refractivity contribution is 0.169. The van der Waals surface area contributed by atoms with Gasteiger partial charge in [-0.15, -0.1) is 30.6 Å². The lowest BCUT2D eigenvalue weighted by Gasteiger charge is -2.33. The molecule has 2 aliphatic rings. The Kier molecular flexibility index (Phi) is 10.8. The second-order valence-electron chi connectivity index (χ2n) is 13.1. The molecule has 0 atom stereocenters. The van der Waals surface area contributed by atoms with Gasteiger partial charge in [0.1, 0.15) is 47.4 Å². The SMILES string of the molecule is Cc1ccc(F)cc1OC1CCN(c2ccc(-n3ccnc3)nn2)CC1.Cc1nnc(-c2ccc(N3CCC(Oc4cc(F)ccc4C)CC3)nn2)o1. The van der Waals surface area contributed by atoms with Crippen LogP contribution in [0.4, 0.5) is 20.4 Å². The molecule has 6 heterocycles. The van der Waals surface area contributed by atoms with Crippen LogP contribution in [0.25, 0.3) is 17.4 Å². The number of ether oxygens (including phenoxy) is 2. The zero-order chi connectivity index (χ0) is 36.7. The van der Waals surface area contributed by atoms with Crippen LogP contribution in [0.5, 0.6) is 11.5 Å². The molecule has 2 saturated heterocycles. The van der Waals surface area contributed by atoms with Crippen LogP contribution in [0.3, 0.4) is 0 Å². The summed E-state index contributed by atoms with van der Waals surface area (Å²) >= 11 is 0. The van der Waals surface area contributed by atoms with Crippen molar-refractivity contribution >= 4 is 11.6 Å². The Labute approximate surface area is 305 Å². The van der Waals surface area contributed by atoms with E-state index >= 15 is 0 Å². The number of benzene rings is 2. The molecule has 0 aliphatic carbocycles. The number of anilines is 2. The monoisotopic (exact) mass is 722 g/mol. The highest BCUT2D eigenvalue weighted by atomic mass is 19.1. The highest BCUT2D eigenvalue weighted by molar-refractivity contribution is 5.49. The molecule has 2 aromatic carbocycles. The van der Waals surface area contributed by atoms with Crippen molar-refractivity contribution in [2.75, 3.05) is 36.0 Å². The highest BCUT2D eigenvalue weighted by Gasteiger charge is 2.24. The van der Waals surface area contributed by atoms with E-state index in [-0.39, 0.29) is 23.8 Å². The fraction of sp³-hybridized carbons (Fsp3) is 0.342. The van der Waals surface area contributed by atoms with Crippen LogP contribution in [-0.2, 0) is 0 Å². The molecular weight excluding hydrogens is 682 g/mol. The van der Waals surface area contributed by atoms with Crippen molar-refractivity contribution in [3.8, 4) is 28.9 Å². The largest absolute Gasteiger partial charge is 0.490 e. The van der Waals surface area contributed by atoms with Crippen molar-refractivity contribution in [1.82, 2.24) is 40.1 Å². The summed E-state index contributed by atoms with van der Waals surface area (Å²) in [5.74, 6) is 3.96. The summed E-state index contributed by atoms with van der Waals surface area (Å²) in [7, 11) is 0. The summed E-state index contributed by atoms with van der Waals surface area (Å²) in [6.07, 6.45) is 8.79. The third-order valence-electron chi connectivity index (χ3n) is 9.22. The molecule has 0 unspecified atom stereocenters. The lowest BCUT2D eigenvalue weighted by Crippen LogP contribution is -2.38. The van der Waals surface area contributed by atoms with Gasteiger partial charge in [0.05, 0.1) is 0 Å². The maximum Gasteiger partial charge on any atom is 0.268 e. The van der Waals surface area contributed by atoms with E-state index in [1.165, 1.54) is 24.3 Å². The van der Waals surface area contributed by atoms with Gasteiger partial charge in [0.25, 0.3) is 5.89 Å². The van der Waals surface area contributed by atoms with E-state index in [1.54, 1.807) is 31.6 Å². The van der Waals surface area contributed by atoms with E-state index in [4.69, 9.17) is 13.9 Å². The molecule has 0 radical (unpaired) electrons. The summed E-state index contributed by atoms with van der Waals surface area (Å²) < 4.78 is 46.0. The first-order chi connectivity index (χ1) is 25.8. The van der Waals surface area contributed by atoms with Gasteiger partial charge in [-0.2, -0.15) is 0 Å². The van der Waals surface area contributed by atoms with Crippen molar-refractivity contribution in [2.45, 2.75) is 58.7 Å². The smallest absolute Gasteiger partial charge is 0.268 e. The number of hydrogen-bond donors (Lipinski definition) is 0. The van der Waals surface area contributed by atoms with Crippen LogP contribution in [0, 0.1) is 32.4 Å². The second-order valence-corrected chi connectivity index (χ2v) is 13.1. The molecule has 6 aromatic rings. The molecule has 0 bridgehead atoms. The molecule has 2 fully saturated rings. The maximum absolute atomic E-state index is 13.4. The number of piperidine rings is 2. The topological polar surface area (TPSA) is 133 Å². The minimum atomic E-state index is -0.278. The summed E-state index contributed by atoms with van der Waals surface area (Å²) in [4.78, 5) is 8.37. The number of imidazole rings is 1. The maximum atomic E-state index is 13.4. The van der Waals surface area contributed by atoms with Gasteiger partial charge in [-0.05, 0) is 61.4 Å². The molecule has 0 spiro atoms. The summed E-state index contributed by atoms with van der Waals surface area (Å²) in [6, 6.07) is 16.9. The average Bonchev–Trinajstić information content (AvgIpc) is 3.89. The zero-order valence-corrected chi connectivity index (χ0v) is 29.8. The number of aromatic nitrogens is 8. The minimum absolute atomic E-state index is 0.0651. The van der Waals surface area contributed by atoms with E-state index in [1.807, 2.05) is 48.9 Å².